The average molecular weight is 325 g/mol. The van der Waals surface area contributed by atoms with Gasteiger partial charge in [0.05, 0.1) is 18.8 Å². The molecule has 1 atom stereocenters. The molecule has 1 aliphatic heterocycles. The lowest BCUT2D eigenvalue weighted by atomic mass is 10.1. The van der Waals surface area contributed by atoms with Crippen LogP contribution in [-0.4, -0.2) is 37.0 Å². The van der Waals surface area contributed by atoms with Gasteiger partial charge in [0.2, 0.25) is 5.91 Å². The number of nitrogens with zero attached hydrogens (tertiary/aromatic N) is 1. The number of ether oxygens (including phenoxy) is 1. The van der Waals surface area contributed by atoms with Crippen molar-refractivity contribution in [1.82, 2.24) is 4.90 Å². The molecule has 0 aromatic heterocycles. The van der Waals surface area contributed by atoms with Gasteiger partial charge in [-0.15, -0.1) is 0 Å². The molecule has 1 N–H and O–H groups in total. The van der Waals surface area contributed by atoms with E-state index in [0.717, 1.165) is 25.9 Å². The maximum atomic E-state index is 12.5. The number of carbonyl (C=O) groups is 1. The molecule has 1 aromatic carbocycles. The van der Waals surface area contributed by atoms with Crippen molar-refractivity contribution in [3.8, 4) is 5.75 Å². The molecule has 0 radical (unpaired) electrons. The molecule has 0 saturated carbocycles. The molecule has 22 heavy (non-hydrogen) atoms. The molecular formula is C17H25ClN2O2. The molecule has 1 fully saturated rings. The summed E-state index contributed by atoms with van der Waals surface area (Å²) < 4.78 is 5.28. The largest absolute Gasteiger partial charge is 0.495 e. The predicted octanol–water partition coefficient (Wildman–Crippen LogP) is 3.94. The van der Waals surface area contributed by atoms with Crippen LogP contribution in [0.5, 0.6) is 5.75 Å². The van der Waals surface area contributed by atoms with Gasteiger partial charge in [-0.05, 0) is 51.1 Å². The third-order valence-corrected chi connectivity index (χ3v) is 4.47. The second-order valence-electron chi connectivity index (χ2n) is 5.81. The van der Waals surface area contributed by atoms with Gasteiger partial charge in [0, 0.05) is 5.02 Å². The molecule has 2 rings (SSSR count). The molecule has 1 unspecified atom stereocenters. The van der Waals surface area contributed by atoms with Crippen molar-refractivity contribution in [1.29, 1.82) is 0 Å². The van der Waals surface area contributed by atoms with Gasteiger partial charge in [-0.25, -0.2) is 0 Å². The Morgan fingerprint density at radius 2 is 1.86 bits per heavy atom. The Bertz CT molecular complexity index is 499. The fourth-order valence-electron chi connectivity index (χ4n) is 2.84. The Kier molecular flexibility index (Phi) is 6.52. The van der Waals surface area contributed by atoms with E-state index in [1.54, 1.807) is 25.3 Å². The second-order valence-corrected chi connectivity index (χ2v) is 6.25. The second kappa shape index (κ2) is 8.39. The molecule has 0 aliphatic carbocycles. The molecule has 1 saturated heterocycles. The van der Waals surface area contributed by atoms with Crippen molar-refractivity contribution in [3.05, 3.63) is 23.2 Å². The molecule has 5 heteroatoms. The number of amides is 1. The lowest BCUT2D eigenvalue weighted by Crippen LogP contribution is -2.43. The van der Waals surface area contributed by atoms with Gasteiger partial charge in [0.15, 0.2) is 0 Å². The van der Waals surface area contributed by atoms with Crippen molar-refractivity contribution in [2.24, 2.45) is 0 Å². The van der Waals surface area contributed by atoms with Crippen molar-refractivity contribution in [3.63, 3.8) is 0 Å². The molecule has 1 amide bonds. The number of methoxy groups -OCH3 is 1. The van der Waals surface area contributed by atoms with E-state index in [-0.39, 0.29) is 11.9 Å². The molecule has 0 bridgehead atoms. The first-order valence-electron chi connectivity index (χ1n) is 8.00. The van der Waals surface area contributed by atoms with E-state index in [0.29, 0.717) is 16.5 Å². The zero-order valence-electron chi connectivity index (χ0n) is 13.4. The SMILES string of the molecule is COc1ccc(Cl)cc1NC(=O)C(C)N1CCCCCCC1. The fraction of sp³-hybridized carbons (Fsp3) is 0.588. The molecule has 0 spiro atoms. The number of likely N-dealkylation sites (tertiary alicyclic amines) is 1. The number of nitrogens with one attached hydrogen (secondary N) is 1. The van der Waals surface area contributed by atoms with Crippen LogP contribution in [0.2, 0.25) is 5.02 Å². The Balaban J connectivity index is 2.02. The number of anilines is 1. The number of benzene rings is 1. The van der Waals surface area contributed by atoms with Gasteiger partial charge in [-0.2, -0.15) is 0 Å². The minimum Gasteiger partial charge on any atom is -0.495 e. The number of hydrogen-bond donors (Lipinski definition) is 1. The predicted molar refractivity (Wildman–Crippen MR) is 90.8 cm³/mol. The first-order chi connectivity index (χ1) is 10.6. The molecule has 122 valence electrons. The molecule has 4 nitrogen and oxygen atoms in total. The van der Waals surface area contributed by atoms with Crippen LogP contribution >= 0.6 is 11.6 Å². The monoisotopic (exact) mass is 324 g/mol. The fourth-order valence-corrected chi connectivity index (χ4v) is 3.01. The number of carbonyl (C=O) groups excluding carboxylic acids is 1. The maximum absolute atomic E-state index is 12.5. The van der Waals surface area contributed by atoms with E-state index >= 15 is 0 Å². The van der Waals surface area contributed by atoms with E-state index < -0.39 is 0 Å². The van der Waals surface area contributed by atoms with Gasteiger partial charge < -0.3 is 10.1 Å². The quantitative estimate of drug-likeness (QED) is 0.912. The Hall–Kier alpha value is -1.26. The van der Waals surface area contributed by atoms with Crippen LogP contribution in [0, 0.1) is 0 Å². The topological polar surface area (TPSA) is 41.6 Å². The van der Waals surface area contributed by atoms with Crippen LogP contribution in [-0.2, 0) is 4.79 Å². The Labute approximate surface area is 137 Å². The highest BCUT2D eigenvalue weighted by Crippen LogP contribution is 2.28. The zero-order valence-corrected chi connectivity index (χ0v) is 14.2. The highest BCUT2D eigenvalue weighted by molar-refractivity contribution is 6.31. The third kappa shape index (κ3) is 4.62. The average Bonchev–Trinajstić information content (AvgIpc) is 2.46. The van der Waals surface area contributed by atoms with Gasteiger partial charge in [0.25, 0.3) is 0 Å². The van der Waals surface area contributed by atoms with Crippen molar-refractivity contribution >= 4 is 23.2 Å². The maximum Gasteiger partial charge on any atom is 0.241 e. The van der Waals surface area contributed by atoms with E-state index in [2.05, 4.69) is 10.2 Å². The van der Waals surface area contributed by atoms with E-state index in [9.17, 15) is 4.79 Å². The normalized spacial score (nSPS) is 18.1. The minimum absolute atomic E-state index is 0.0128. The standard InChI is InChI=1S/C17H25ClN2O2/c1-13(20-10-6-4-3-5-7-11-20)17(21)19-15-12-14(18)8-9-16(15)22-2/h8-9,12-13H,3-7,10-11H2,1-2H3,(H,19,21). The van der Waals surface area contributed by atoms with Crippen molar-refractivity contribution in [2.45, 2.75) is 45.1 Å². The van der Waals surface area contributed by atoms with Gasteiger partial charge in [-0.3, -0.25) is 9.69 Å². The summed E-state index contributed by atoms with van der Waals surface area (Å²) in [5, 5.41) is 3.52. The zero-order chi connectivity index (χ0) is 15.9. The first-order valence-corrected chi connectivity index (χ1v) is 8.38. The minimum atomic E-state index is -0.151. The number of hydrogen-bond acceptors (Lipinski definition) is 3. The van der Waals surface area contributed by atoms with Gasteiger partial charge in [-0.1, -0.05) is 30.9 Å². The third-order valence-electron chi connectivity index (χ3n) is 4.24. The summed E-state index contributed by atoms with van der Waals surface area (Å²) in [6.07, 6.45) is 6.16. The summed E-state index contributed by atoms with van der Waals surface area (Å²) in [4.78, 5) is 14.8. The molecular weight excluding hydrogens is 300 g/mol. The van der Waals surface area contributed by atoms with Crippen LogP contribution in [0.15, 0.2) is 18.2 Å². The lowest BCUT2D eigenvalue weighted by molar-refractivity contribution is -0.120. The van der Waals surface area contributed by atoms with Gasteiger partial charge in [0.1, 0.15) is 5.75 Å². The Morgan fingerprint density at radius 1 is 1.23 bits per heavy atom. The highest BCUT2D eigenvalue weighted by Gasteiger charge is 2.22. The smallest absolute Gasteiger partial charge is 0.241 e. The molecule has 1 aliphatic rings. The number of rotatable bonds is 4. The summed E-state index contributed by atoms with van der Waals surface area (Å²) in [6.45, 7) is 3.94. The van der Waals surface area contributed by atoms with Gasteiger partial charge >= 0.3 is 0 Å². The molecule has 1 aromatic rings. The van der Waals surface area contributed by atoms with Crippen LogP contribution in [0.1, 0.15) is 39.0 Å². The highest BCUT2D eigenvalue weighted by atomic mass is 35.5. The first kappa shape index (κ1) is 17.1. The summed E-state index contributed by atoms with van der Waals surface area (Å²) in [5.41, 5.74) is 0.624. The molecule has 1 heterocycles. The number of halogens is 1. The summed E-state index contributed by atoms with van der Waals surface area (Å²) in [6, 6.07) is 5.08. The van der Waals surface area contributed by atoms with Crippen LogP contribution in [0.25, 0.3) is 0 Å². The van der Waals surface area contributed by atoms with Crippen LogP contribution in [0.3, 0.4) is 0 Å². The summed E-state index contributed by atoms with van der Waals surface area (Å²) in [5.74, 6) is 0.610. The van der Waals surface area contributed by atoms with Crippen molar-refractivity contribution < 1.29 is 9.53 Å². The van der Waals surface area contributed by atoms with Crippen LogP contribution in [0.4, 0.5) is 5.69 Å². The van der Waals surface area contributed by atoms with E-state index in [1.807, 2.05) is 6.92 Å². The summed E-state index contributed by atoms with van der Waals surface area (Å²) in [7, 11) is 1.58. The Morgan fingerprint density at radius 3 is 2.50 bits per heavy atom. The van der Waals surface area contributed by atoms with E-state index in [1.165, 1.54) is 19.3 Å². The summed E-state index contributed by atoms with van der Waals surface area (Å²) >= 11 is 6.01. The van der Waals surface area contributed by atoms with Crippen molar-refractivity contribution in [2.75, 3.05) is 25.5 Å². The van der Waals surface area contributed by atoms with Crippen LogP contribution < -0.4 is 10.1 Å². The lowest BCUT2D eigenvalue weighted by Gasteiger charge is -2.29. The van der Waals surface area contributed by atoms with E-state index in [4.69, 9.17) is 16.3 Å².